The summed E-state index contributed by atoms with van der Waals surface area (Å²) in [5.41, 5.74) is 0.864. The monoisotopic (exact) mass is 637 g/mol. The van der Waals surface area contributed by atoms with Crippen molar-refractivity contribution in [2.24, 2.45) is 5.92 Å². The Kier molecular flexibility index (Phi) is 14.3. The van der Waals surface area contributed by atoms with E-state index in [1.54, 1.807) is 6.92 Å². The van der Waals surface area contributed by atoms with Crippen LogP contribution in [0.15, 0.2) is 60.7 Å². The number of ketones is 1. The predicted octanol–water partition coefficient (Wildman–Crippen LogP) is 0.419. The molecule has 0 aromatic heterocycles. The van der Waals surface area contributed by atoms with Gasteiger partial charge in [-0.25, -0.2) is 0 Å². The second kappa shape index (κ2) is 18.1. The van der Waals surface area contributed by atoms with Gasteiger partial charge in [-0.1, -0.05) is 74.5 Å². The molecule has 0 radical (unpaired) electrons. The topological polar surface area (TPSA) is 178 Å². The van der Waals surface area contributed by atoms with E-state index in [1.165, 1.54) is 0 Å². The third-order valence-corrected chi connectivity index (χ3v) is 7.59. The Labute approximate surface area is 270 Å². The number of ether oxygens (including phenoxy) is 1. The molecule has 0 bridgehead atoms. The van der Waals surface area contributed by atoms with Crippen LogP contribution in [0.5, 0.6) is 0 Å². The fourth-order valence-corrected chi connectivity index (χ4v) is 4.94. The SMILES string of the molecule is CC(C)CC(NC(=O)[C@H](Cc1ccccc1)NC(=O)CNC(=O)[C@H](CCc1ccccc1)NC(=O)CNCCO)C(=O)C1(C)CO1. The van der Waals surface area contributed by atoms with Gasteiger partial charge in [-0.05, 0) is 43.2 Å². The maximum atomic E-state index is 13.5. The largest absolute Gasteiger partial charge is 0.395 e. The summed E-state index contributed by atoms with van der Waals surface area (Å²) in [5, 5.41) is 22.6. The van der Waals surface area contributed by atoms with Gasteiger partial charge in [0.1, 0.15) is 17.7 Å². The van der Waals surface area contributed by atoms with Crippen LogP contribution < -0.4 is 26.6 Å². The molecular weight excluding hydrogens is 590 g/mol. The van der Waals surface area contributed by atoms with Crippen molar-refractivity contribution >= 4 is 29.4 Å². The molecule has 250 valence electrons. The number of aliphatic hydroxyl groups is 1. The summed E-state index contributed by atoms with van der Waals surface area (Å²) in [7, 11) is 0. The van der Waals surface area contributed by atoms with Crippen molar-refractivity contribution in [3.05, 3.63) is 71.8 Å². The second-order valence-corrected chi connectivity index (χ2v) is 12.1. The molecule has 4 amide bonds. The maximum Gasteiger partial charge on any atom is 0.243 e. The van der Waals surface area contributed by atoms with Crippen molar-refractivity contribution in [1.29, 1.82) is 0 Å². The highest BCUT2D eigenvalue weighted by atomic mass is 16.6. The van der Waals surface area contributed by atoms with Crippen LogP contribution in [0.1, 0.15) is 44.7 Å². The first kappa shape index (κ1) is 36.3. The Bertz CT molecular complexity index is 1300. The van der Waals surface area contributed by atoms with Crippen molar-refractivity contribution in [3.63, 3.8) is 0 Å². The van der Waals surface area contributed by atoms with Crippen LogP contribution in [-0.4, -0.2) is 91.1 Å². The van der Waals surface area contributed by atoms with Gasteiger partial charge in [0.05, 0.1) is 32.3 Å². The van der Waals surface area contributed by atoms with Gasteiger partial charge in [0.2, 0.25) is 23.6 Å². The molecule has 0 saturated carbocycles. The molecule has 0 spiro atoms. The lowest BCUT2D eigenvalue weighted by Crippen LogP contribution is -2.56. The van der Waals surface area contributed by atoms with E-state index in [-0.39, 0.29) is 44.2 Å². The van der Waals surface area contributed by atoms with E-state index in [9.17, 15) is 24.0 Å². The van der Waals surface area contributed by atoms with Gasteiger partial charge in [-0.2, -0.15) is 0 Å². The minimum absolute atomic E-state index is 0.0853. The Morgan fingerprint density at radius 2 is 1.39 bits per heavy atom. The summed E-state index contributed by atoms with van der Waals surface area (Å²) in [5.74, 6) is -2.19. The molecule has 1 heterocycles. The highest BCUT2D eigenvalue weighted by Crippen LogP contribution is 2.29. The van der Waals surface area contributed by atoms with E-state index in [0.717, 1.165) is 11.1 Å². The van der Waals surface area contributed by atoms with Crippen LogP contribution in [0.4, 0.5) is 0 Å². The number of amides is 4. The molecular formula is C34H47N5O7. The predicted molar refractivity (Wildman–Crippen MR) is 172 cm³/mol. The number of rotatable bonds is 20. The molecule has 12 heteroatoms. The number of nitrogens with one attached hydrogen (secondary N) is 5. The normalized spacial score (nSPS) is 17.3. The number of Topliss-reactive ketones (excluding diaryl/α,β-unsaturated/α-hetero) is 1. The summed E-state index contributed by atoms with van der Waals surface area (Å²) in [6.07, 6.45) is 1.38. The van der Waals surface area contributed by atoms with Gasteiger partial charge in [-0.3, -0.25) is 24.0 Å². The fraction of sp³-hybridized carbons (Fsp3) is 0.500. The number of carbonyl (C=O) groups excluding carboxylic acids is 5. The highest BCUT2D eigenvalue weighted by Gasteiger charge is 2.50. The molecule has 1 aliphatic rings. The lowest BCUT2D eigenvalue weighted by atomic mass is 9.93. The summed E-state index contributed by atoms with van der Waals surface area (Å²) in [6, 6.07) is 15.9. The molecule has 12 nitrogen and oxygen atoms in total. The number of hydrogen-bond donors (Lipinski definition) is 6. The molecule has 2 aromatic carbocycles. The van der Waals surface area contributed by atoms with Crippen molar-refractivity contribution in [2.75, 3.05) is 32.8 Å². The fourth-order valence-electron chi connectivity index (χ4n) is 4.94. The zero-order valence-corrected chi connectivity index (χ0v) is 26.8. The Morgan fingerprint density at radius 3 is 1.98 bits per heavy atom. The van der Waals surface area contributed by atoms with Crippen molar-refractivity contribution in [3.8, 4) is 0 Å². The quantitative estimate of drug-likeness (QED) is 0.0894. The molecule has 2 unspecified atom stereocenters. The Morgan fingerprint density at radius 1 is 0.804 bits per heavy atom. The first-order valence-electron chi connectivity index (χ1n) is 15.7. The van der Waals surface area contributed by atoms with Crippen LogP contribution in [0.3, 0.4) is 0 Å². The smallest absolute Gasteiger partial charge is 0.243 e. The average molecular weight is 638 g/mol. The van der Waals surface area contributed by atoms with Gasteiger partial charge in [0, 0.05) is 13.0 Å². The molecule has 4 atom stereocenters. The molecule has 3 rings (SSSR count). The first-order valence-corrected chi connectivity index (χ1v) is 15.7. The first-order chi connectivity index (χ1) is 22.0. The summed E-state index contributed by atoms with van der Waals surface area (Å²) >= 11 is 0. The molecule has 0 aliphatic carbocycles. The number of hydrogen-bond acceptors (Lipinski definition) is 8. The summed E-state index contributed by atoms with van der Waals surface area (Å²) in [6.45, 7) is 5.48. The minimum Gasteiger partial charge on any atom is -0.395 e. The van der Waals surface area contributed by atoms with Gasteiger partial charge in [0.25, 0.3) is 0 Å². The molecule has 2 aromatic rings. The third-order valence-electron chi connectivity index (χ3n) is 7.59. The molecule has 6 N–H and O–H groups in total. The summed E-state index contributed by atoms with van der Waals surface area (Å²) < 4.78 is 5.34. The lowest BCUT2D eigenvalue weighted by molar-refractivity contribution is -0.133. The second-order valence-electron chi connectivity index (χ2n) is 12.1. The molecule has 1 saturated heterocycles. The van der Waals surface area contributed by atoms with Gasteiger partial charge < -0.3 is 36.4 Å². The number of carbonyl (C=O) groups is 5. The van der Waals surface area contributed by atoms with Gasteiger partial charge in [-0.15, -0.1) is 0 Å². The summed E-state index contributed by atoms with van der Waals surface area (Å²) in [4.78, 5) is 65.4. The van der Waals surface area contributed by atoms with Crippen molar-refractivity contribution < 1.29 is 33.8 Å². The Hall–Kier alpha value is -4.13. The zero-order chi connectivity index (χ0) is 33.5. The van der Waals surface area contributed by atoms with Crippen molar-refractivity contribution in [2.45, 2.75) is 70.2 Å². The Balaban J connectivity index is 1.66. The maximum absolute atomic E-state index is 13.5. The van der Waals surface area contributed by atoms with Crippen LogP contribution in [0.25, 0.3) is 0 Å². The number of epoxide rings is 1. The van der Waals surface area contributed by atoms with Crippen LogP contribution in [-0.2, 0) is 41.6 Å². The number of aryl methyl sites for hydroxylation is 1. The van der Waals surface area contributed by atoms with Crippen LogP contribution in [0.2, 0.25) is 0 Å². The minimum atomic E-state index is -1.02. The zero-order valence-electron chi connectivity index (χ0n) is 26.8. The molecule has 1 fully saturated rings. The van der Waals surface area contributed by atoms with Crippen molar-refractivity contribution in [1.82, 2.24) is 26.6 Å². The van der Waals surface area contributed by atoms with Gasteiger partial charge in [0.15, 0.2) is 5.78 Å². The van der Waals surface area contributed by atoms with Crippen LogP contribution >= 0.6 is 0 Å². The van der Waals surface area contributed by atoms with E-state index in [1.807, 2.05) is 74.5 Å². The van der Waals surface area contributed by atoms with E-state index >= 15 is 0 Å². The van der Waals surface area contributed by atoms with Crippen LogP contribution in [0, 0.1) is 5.92 Å². The van der Waals surface area contributed by atoms with Gasteiger partial charge >= 0.3 is 0 Å². The van der Waals surface area contributed by atoms with E-state index < -0.39 is 53.9 Å². The highest BCUT2D eigenvalue weighted by molar-refractivity contribution is 5.98. The van der Waals surface area contributed by atoms with E-state index in [2.05, 4.69) is 26.6 Å². The number of aliphatic hydroxyl groups excluding tert-OH is 1. The van der Waals surface area contributed by atoms with E-state index in [0.29, 0.717) is 19.4 Å². The van der Waals surface area contributed by atoms with E-state index in [4.69, 9.17) is 9.84 Å². The molecule has 1 aliphatic heterocycles. The average Bonchev–Trinajstić information content (AvgIpc) is 3.79. The number of benzene rings is 2. The molecule has 46 heavy (non-hydrogen) atoms. The third kappa shape index (κ3) is 12.3. The standard InChI is InChI=1S/C34H47N5O7/c1-23(2)18-27(31(43)34(3)22-46-34)39-33(45)28(19-25-12-8-5-9-13-25)38-30(42)21-36-32(44)26(37-29(41)20-35-16-17-40)15-14-24-10-6-4-7-11-24/h4-13,23,26-28,35,40H,14-22H2,1-3H3,(H,36,44)(H,37,41)(H,38,42)(H,39,45)/t26-,27?,28-,34?/m0/s1. The lowest BCUT2D eigenvalue weighted by Gasteiger charge is -2.25.